The zero-order valence-corrected chi connectivity index (χ0v) is 16.0. The van der Waals surface area contributed by atoms with Gasteiger partial charge in [0.1, 0.15) is 11.5 Å². The normalized spacial score (nSPS) is 11.0. The van der Waals surface area contributed by atoms with Crippen molar-refractivity contribution in [2.75, 3.05) is 7.11 Å². The van der Waals surface area contributed by atoms with E-state index in [9.17, 15) is 9.90 Å². The number of amides is 1. The van der Waals surface area contributed by atoms with Crippen LogP contribution in [0.3, 0.4) is 0 Å². The van der Waals surface area contributed by atoms with E-state index in [-0.39, 0.29) is 11.7 Å². The summed E-state index contributed by atoms with van der Waals surface area (Å²) in [6, 6.07) is 14.1. The number of rotatable bonds is 6. The van der Waals surface area contributed by atoms with Gasteiger partial charge in [0.15, 0.2) is 0 Å². The van der Waals surface area contributed by atoms with Gasteiger partial charge >= 0.3 is 0 Å². The van der Waals surface area contributed by atoms with E-state index in [0.717, 1.165) is 17.0 Å². The molecule has 0 aliphatic carbocycles. The second kappa shape index (κ2) is 8.39. The molecule has 0 saturated heterocycles. The Balaban J connectivity index is 1.69. The lowest BCUT2D eigenvalue weighted by Crippen LogP contribution is -2.18. The molecular weight excluding hydrogens is 356 g/mol. The number of phenolic OH excluding ortho intramolecular Hbond substituents is 1. The number of phenols is 1. The van der Waals surface area contributed by atoms with E-state index in [0.29, 0.717) is 23.4 Å². The molecule has 7 nitrogen and oxygen atoms in total. The number of ether oxygens (including phenoxy) is 1. The number of aryl methyl sites for hydroxylation is 2. The maximum Gasteiger partial charge on any atom is 0.271 e. The molecule has 0 atom stereocenters. The summed E-state index contributed by atoms with van der Waals surface area (Å²) in [4.78, 5) is 12.4. The van der Waals surface area contributed by atoms with Crippen LogP contribution in [-0.2, 0) is 6.54 Å². The first kappa shape index (κ1) is 19.2. The fraction of sp³-hybridized carbons (Fsp3) is 0.190. The van der Waals surface area contributed by atoms with Crippen LogP contribution in [-0.4, -0.2) is 34.1 Å². The summed E-state index contributed by atoms with van der Waals surface area (Å²) < 4.78 is 7.01. The highest BCUT2D eigenvalue weighted by atomic mass is 16.5. The van der Waals surface area contributed by atoms with Crippen LogP contribution in [0.25, 0.3) is 0 Å². The molecule has 1 amide bonds. The van der Waals surface area contributed by atoms with E-state index in [1.165, 1.54) is 19.4 Å². The summed E-state index contributed by atoms with van der Waals surface area (Å²) in [5.74, 6) is 0.293. The molecule has 0 unspecified atom stereocenters. The average molecular weight is 378 g/mol. The highest BCUT2D eigenvalue weighted by molar-refractivity contribution is 5.95. The van der Waals surface area contributed by atoms with Crippen LogP contribution in [0.1, 0.15) is 32.9 Å². The van der Waals surface area contributed by atoms with E-state index >= 15 is 0 Å². The van der Waals surface area contributed by atoms with Gasteiger partial charge in [-0.1, -0.05) is 12.1 Å². The predicted octanol–water partition coefficient (Wildman–Crippen LogP) is 3.03. The second-order valence-electron chi connectivity index (χ2n) is 6.41. The second-order valence-corrected chi connectivity index (χ2v) is 6.41. The summed E-state index contributed by atoms with van der Waals surface area (Å²) in [7, 11) is 1.54. The number of nitrogens with one attached hydrogen (secondary N) is 1. The minimum Gasteiger partial charge on any atom is -0.507 e. The Morgan fingerprint density at radius 3 is 2.79 bits per heavy atom. The van der Waals surface area contributed by atoms with E-state index in [1.54, 1.807) is 18.2 Å². The predicted molar refractivity (Wildman–Crippen MR) is 107 cm³/mol. The smallest absolute Gasteiger partial charge is 0.271 e. The summed E-state index contributed by atoms with van der Waals surface area (Å²) in [5.41, 5.74) is 6.40. The van der Waals surface area contributed by atoms with Crippen LogP contribution in [0.4, 0.5) is 0 Å². The molecule has 2 aromatic carbocycles. The first-order valence-corrected chi connectivity index (χ1v) is 8.76. The van der Waals surface area contributed by atoms with Crippen LogP contribution in [0, 0.1) is 13.8 Å². The van der Waals surface area contributed by atoms with Gasteiger partial charge in [-0.3, -0.25) is 9.48 Å². The van der Waals surface area contributed by atoms with Gasteiger partial charge in [0.25, 0.3) is 5.91 Å². The molecule has 1 heterocycles. The minimum absolute atomic E-state index is 0.0469. The fourth-order valence-corrected chi connectivity index (χ4v) is 2.81. The molecule has 3 aromatic rings. The third-order valence-electron chi connectivity index (χ3n) is 4.23. The van der Waals surface area contributed by atoms with E-state index in [1.807, 2.05) is 42.8 Å². The standard InChI is InChI=1S/C21H22N4O3/c1-14-9-15(2)25(24-14)13-16-5-4-6-17(10-16)21(27)23-22-12-18-11-19(28-3)7-8-20(18)26/h4-12,26H,13H2,1-3H3,(H,23,27). The Morgan fingerprint density at radius 1 is 1.25 bits per heavy atom. The Bertz CT molecular complexity index is 1020. The highest BCUT2D eigenvalue weighted by Crippen LogP contribution is 2.21. The van der Waals surface area contributed by atoms with Gasteiger partial charge in [0.2, 0.25) is 0 Å². The van der Waals surface area contributed by atoms with Crippen molar-refractivity contribution in [3.8, 4) is 11.5 Å². The quantitative estimate of drug-likeness (QED) is 0.510. The van der Waals surface area contributed by atoms with E-state index in [2.05, 4.69) is 15.6 Å². The summed E-state index contributed by atoms with van der Waals surface area (Å²) >= 11 is 0. The highest BCUT2D eigenvalue weighted by Gasteiger charge is 2.08. The monoisotopic (exact) mass is 378 g/mol. The van der Waals surface area contributed by atoms with Crippen molar-refractivity contribution < 1.29 is 14.6 Å². The van der Waals surface area contributed by atoms with Crippen molar-refractivity contribution in [3.05, 3.63) is 76.6 Å². The third-order valence-corrected chi connectivity index (χ3v) is 4.23. The van der Waals surface area contributed by atoms with Gasteiger partial charge in [-0.05, 0) is 55.8 Å². The molecule has 0 spiro atoms. The van der Waals surface area contributed by atoms with Crippen molar-refractivity contribution in [2.45, 2.75) is 20.4 Å². The van der Waals surface area contributed by atoms with Crippen molar-refractivity contribution in [1.82, 2.24) is 15.2 Å². The van der Waals surface area contributed by atoms with Gasteiger partial charge in [-0.15, -0.1) is 0 Å². The molecule has 0 radical (unpaired) electrons. The molecule has 0 aliphatic rings. The molecule has 0 fully saturated rings. The topological polar surface area (TPSA) is 88.7 Å². The molecule has 1 aromatic heterocycles. The van der Waals surface area contributed by atoms with Crippen molar-refractivity contribution in [3.63, 3.8) is 0 Å². The van der Waals surface area contributed by atoms with Crippen molar-refractivity contribution in [2.24, 2.45) is 5.10 Å². The fourth-order valence-electron chi connectivity index (χ4n) is 2.81. The SMILES string of the molecule is COc1ccc(O)c(C=NNC(=O)c2cccc(Cn3nc(C)cc3C)c2)c1. The Hall–Kier alpha value is -3.61. The number of hydrogen-bond acceptors (Lipinski definition) is 5. The lowest BCUT2D eigenvalue weighted by Gasteiger charge is -2.07. The Morgan fingerprint density at radius 2 is 2.07 bits per heavy atom. The molecule has 0 aliphatic heterocycles. The van der Waals surface area contributed by atoms with Crippen LogP contribution in [0.15, 0.2) is 53.6 Å². The van der Waals surface area contributed by atoms with Gasteiger partial charge in [-0.25, -0.2) is 5.43 Å². The number of hydrogen-bond donors (Lipinski definition) is 2. The lowest BCUT2D eigenvalue weighted by molar-refractivity contribution is 0.0955. The number of nitrogens with zero attached hydrogens (tertiary/aromatic N) is 3. The number of carbonyl (C=O) groups excluding carboxylic acids is 1. The van der Waals surface area contributed by atoms with Gasteiger partial charge in [-0.2, -0.15) is 10.2 Å². The molecular formula is C21H22N4O3. The largest absolute Gasteiger partial charge is 0.507 e. The number of methoxy groups -OCH3 is 1. The summed E-state index contributed by atoms with van der Waals surface area (Å²) in [6.07, 6.45) is 1.37. The Labute approximate surface area is 163 Å². The first-order valence-electron chi connectivity index (χ1n) is 8.76. The summed E-state index contributed by atoms with van der Waals surface area (Å²) in [6.45, 7) is 4.53. The molecule has 3 rings (SSSR count). The molecule has 28 heavy (non-hydrogen) atoms. The maximum absolute atomic E-state index is 12.4. The molecule has 0 bridgehead atoms. The van der Waals surface area contributed by atoms with E-state index in [4.69, 9.17) is 4.74 Å². The summed E-state index contributed by atoms with van der Waals surface area (Å²) in [5, 5.41) is 18.2. The zero-order chi connectivity index (χ0) is 20.1. The van der Waals surface area contributed by atoms with Crippen LogP contribution in [0.5, 0.6) is 11.5 Å². The number of hydrazone groups is 1. The van der Waals surface area contributed by atoms with E-state index < -0.39 is 0 Å². The van der Waals surface area contributed by atoms with Crippen molar-refractivity contribution >= 4 is 12.1 Å². The van der Waals surface area contributed by atoms with Gasteiger partial charge in [0.05, 0.1) is 25.6 Å². The van der Waals surface area contributed by atoms with Gasteiger partial charge < -0.3 is 9.84 Å². The number of aromatic nitrogens is 2. The van der Waals surface area contributed by atoms with Crippen LogP contribution < -0.4 is 10.2 Å². The first-order chi connectivity index (χ1) is 13.5. The number of benzene rings is 2. The van der Waals surface area contributed by atoms with Crippen LogP contribution >= 0.6 is 0 Å². The maximum atomic E-state index is 12.4. The number of carbonyl (C=O) groups is 1. The number of aromatic hydroxyl groups is 1. The third kappa shape index (κ3) is 4.56. The lowest BCUT2D eigenvalue weighted by atomic mass is 10.1. The molecule has 7 heteroatoms. The van der Waals surface area contributed by atoms with Gasteiger partial charge in [0, 0.05) is 16.8 Å². The zero-order valence-electron chi connectivity index (χ0n) is 16.0. The Kier molecular flexibility index (Phi) is 5.74. The molecule has 144 valence electrons. The average Bonchev–Trinajstić information content (AvgIpc) is 3.00. The van der Waals surface area contributed by atoms with Crippen molar-refractivity contribution in [1.29, 1.82) is 0 Å². The molecule has 2 N–H and O–H groups in total. The van der Waals surface area contributed by atoms with Crippen LogP contribution in [0.2, 0.25) is 0 Å². The minimum atomic E-state index is -0.339. The molecule has 0 saturated carbocycles.